The maximum Gasteiger partial charge on any atom is 0.127 e. The van der Waals surface area contributed by atoms with E-state index in [0.717, 1.165) is 44.5 Å². The molecule has 12 rings (SSSR count). The molecule has 12 aromatic rings. The lowest BCUT2D eigenvalue weighted by molar-refractivity contribution is 0.468. The van der Waals surface area contributed by atoms with Crippen LogP contribution in [0.3, 0.4) is 0 Å². The molecule has 0 saturated heterocycles. The van der Waals surface area contributed by atoms with Crippen LogP contribution in [0.25, 0.3) is 0 Å². The molecule has 0 N–H and O–H groups in total. The van der Waals surface area contributed by atoms with Crippen LogP contribution in [-0.2, 0) is 5.41 Å². The standard InChI is InChI=1S/C81H52O8/c1-5-57-9-25-65(26-10-57)82-73-41-49-77(50-42-73)86-69-33-17-61(18-34-69)81(62-19-35-70(36-20-62)87-78-51-43-74(44-52-78)83-66-27-11-58(6-2)12-28-66,63-21-37-71(38-22-63)88-79-53-45-75(46-54-79)84-67-29-13-59(7-3)14-30-67)64-23-39-72(40-24-64)89-80-55-47-76(48-56-80)85-68-31-15-60(8-4)16-32-68/h1-4,9-56H. The van der Waals surface area contributed by atoms with Gasteiger partial charge in [0.25, 0.3) is 0 Å². The second-order valence-corrected chi connectivity index (χ2v) is 20.2. The minimum Gasteiger partial charge on any atom is -0.457 e. The third-order valence-electron chi connectivity index (χ3n) is 14.4. The first-order valence-corrected chi connectivity index (χ1v) is 28.3. The van der Waals surface area contributed by atoms with Crippen LogP contribution in [0.4, 0.5) is 0 Å². The summed E-state index contributed by atoms with van der Waals surface area (Å²) in [7, 11) is 0. The summed E-state index contributed by atoms with van der Waals surface area (Å²) >= 11 is 0. The topological polar surface area (TPSA) is 73.8 Å². The van der Waals surface area contributed by atoms with E-state index in [9.17, 15) is 0 Å². The first-order valence-electron chi connectivity index (χ1n) is 28.3. The predicted molar refractivity (Wildman–Crippen MR) is 349 cm³/mol. The van der Waals surface area contributed by atoms with E-state index in [1.165, 1.54) is 0 Å². The average Bonchev–Trinajstić information content (AvgIpc) is 0.908. The van der Waals surface area contributed by atoms with Gasteiger partial charge in [-0.3, -0.25) is 0 Å². The number of ether oxygens (including phenoxy) is 8. The van der Waals surface area contributed by atoms with Crippen LogP contribution in [0, 0.1) is 49.4 Å². The van der Waals surface area contributed by atoms with Crippen LogP contribution in [0.2, 0.25) is 0 Å². The number of hydrogen-bond donors (Lipinski definition) is 0. The molecule has 0 heterocycles. The third kappa shape index (κ3) is 13.8. The van der Waals surface area contributed by atoms with Crippen molar-refractivity contribution in [3.05, 3.63) is 336 Å². The van der Waals surface area contributed by atoms with Crippen molar-refractivity contribution in [3.63, 3.8) is 0 Å². The van der Waals surface area contributed by atoms with Gasteiger partial charge < -0.3 is 37.9 Å². The van der Waals surface area contributed by atoms with Crippen molar-refractivity contribution < 1.29 is 37.9 Å². The molecule has 424 valence electrons. The number of benzene rings is 12. The highest BCUT2D eigenvalue weighted by molar-refractivity contribution is 5.62. The SMILES string of the molecule is C#Cc1ccc(Oc2ccc(Oc3ccc(C(c4ccc(Oc5ccc(Oc6ccc(C#C)cc6)cc5)cc4)(c4ccc(Oc5ccc(Oc6ccc(C#C)cc6)cc5)cc4)c4ccc(Oc5ccc(Oc6ccc(C#C)cc6)cc5)cc4)cc3)cc2)cc1. The lowest BCUT2D eigenvalue weighted by Crippen LogP contribution is -2.31. The molecular weight excluding hydrogens is 1100 g/mol. The molecule has 0 saturated carbocycles. The maximum atomic E-state index is 6.48. The van der Waals surface area contributed by atoms with Crippen LogP contribution < -0.4 is 37.9 Å². The Balaban J connectivity index is 0.869. The van der Waals surface area contributed by atoms with Gasteiger partial charge >= 0.3 is 0 Å². The highest BCUT2D eigenvalue weighted by atomic mass is 16.5. The molecule has 12 aromatic carbocycles. The first-order chi connectivity index (χ1) is 43.7. The Morgan fingerprint density at radius 2 is 0.258 bits per heavy atom. The van der Waals surface area contributed by atoms with Gasteiger partial charge in [0, 0.05) is 22.3 Å². The molecule has 0 aromatic heterocycles. The second-order valence-electron chi connectivity index (χ2n) is 20.2. The molecule has 0 bridgehead atoms. The van der Waals surface area contributed by atoms with Crippen LogP contribution in [-0.4, -0.2) is 0 Å². The highest BCUT2D eigenvalue weighted by Gasteiger charge is 2.39. The highest BCUT2D eigenvalue weighted by Crippen LogP contribution is 2.48. The molecule has 0 radical (unpaired) electrons. The monoisotopic (exact) mass is 1150 g/mol. The predicted octanol–water partition coefficient (Wildman–Crippen LogP) is 20.3. The van der Waals surface area contributed by atoms with Gasteiger partial charge in [-0.15, -0.1) is 25.7 Å². The fraction of sp³-hybridized carbons (Fsp3) is 0.0123. The summed E-state index contributed by atoms with van der Waals surface area (Å²) in [6, 6.07) is 91.9. The fourth-order valence-corrected chi connectivity index (χ4v) is 9.96. The second kappa shape index (κ2) is 26.5. The lowest BCUT2D eigenvalue weighted by Gasteiger charge is -2.37. The molecule has 0 unspecified atom stereocenters. The van der Waals surface area contributed by atoms with Crippen molar-refractivity contribution in [1.29, 1.82) is 0 Å². The molecule has 0 aliphatic rings. The van der Waals surface area contributed by atoms with Crippen LogP contribution in [0.5, 0.6) is 92.0 Å². The molecule has 0 fully saturated rings. The zero-order valence-electron chi connectivity index (χ0n) is 47.8. The summed E-state index contributed by atoms with van der Waals surface area (Å²) in [6.07, 6.45) is 22.2. The van der Waals surface area contributed by atoms with Crippen molar-refractivity contribution >= 4 is 0 Å². The summed E-state index contributed by atoms with van der Waals surface area (Å²) in [5.74, 6) is 20.9. The quantitative estimate of drug-likeness (QED) is 0.0552. The van der Waals surface area contributed by atoms with Gasteiger partial charge in [0.15, 0.2) is 0 Å². The summed E-state index contributed by atoms with van der Waals surface area (Å²) in [6.45, 7) is 0. The van der Waals surface area contributed by atoms with Crippen molar-refractivity contribution in [2.75, 3.05) is 0 Å². The Labute approximate surface area is 517 Å². The molecule has 8 nitrogen and oxygen atoms in total. The Bertz CT molecular complexity index is 3920. The maximum absolute atomic E-state index is 6.48. The van der Waals surface area contributed by atoms with E-state index in [0.29, 0.717) is 92.0 Å². The molecule has 0 aliphatic heterocycles. The number of hydrogen-bond acceptors (Lipinski definition) is 8. The summed E-state index contributed by atoms with van der Waals surface area (Å²) in [5, 5.41) is 0. The van der Waals surface area contributed by atoms with E-state index in [4.69, 9.17) is 63.6 Å². The molecule has 0 atom stereocenters. The molecule has 89 heavy (non-hydrogen) atoms. The van der Waals surface area contributed by atoms with E-state index >= 15 is 0 Å². The van der Waals surface area contributed by atoms with E-state index in [1.54, 1.807) is 0 Å². The Morgan fingerprint density at radius 3 is 0.371 bits per heavy atom. The molecule has 0 spiro atoms. The third-order valence-corrected chi connectivity index (χ3v) is 14.4. The molecule has 0 aliphatic carbocycles. The van der Waals surface area contributed by atoms with Crippen LogP contribution in [0.1, 0.15) is 44.5 Å². The van der Waals surface area contributed by atoms with Gasteiger partial charge in [-0.25, -0.2) is 0 Å². The van der Waals surface area contributed by atoms with Gasteiger partial charge in [0.05, 0.1) is 5.41 Å². The molecule has 8 heteroatoms. The normalized spacial score (nSPS) is 10.7. The summed E-state index contributed by atoms with van der Waals surface area (Å²) in [4.78, 5) is 0. The van der Waals surface area contributed by atoms with Gasteiger partial charge in [0.1, 0.15) is 92.0 Å². The summed E-state index contributed by atoms with van der Waals surface area (Å²) in [5.41, 5.74) is 5.92. The van der Waals surface area contributed by atoms with E-state index in [-0.39, 0.29) is 0 Å². The lowest BCUT2D eigenvalue weighted by atomic mass is 9.65. The van der Waals surface area contributed by atoms with Gasteiger partial charge in [-0.05, 0) is 265 Å². The van der Waals surface area contributed by atoms with Crippen molar-refractivity contribution in [3.8, 4) is 141 Å². The Hall–Kier alpha value is -12.7. The Kier molecular flexibility index (Phi) is 16.9. The van der Waals surface area contributed by atoms with Crippen LogP contribution in [0.15, 0.2) is 291 Å². The van der Waals surface area contributed by atoms with E-state index in [2.05, 4.69) is 72.2 Å². The fourth-order valence-electron chi connectivity index (χ4n) is 9.96. The van der Waals surface area contributed by atoms with Crippen molar-refractivity contribution in [2.45, 2.75) is 5.41 Å². The van der Waals surface area contributed by atoms with Crippen molar-refractivity contribution in [2.24, 2.45) is 0 Å². The van der Waals surface area contributed by atoms with Gasteiger partial charge in [0.2, 0.25) is 0 Å². The van der Waals surface area contributed by atoms with Crippen molar-refractivity contribution in [1.82, 2.24) is 0 Å². The number of terminal acetylenes is 4. The molecular formula is C81H52O8. The average molecular weight is 1150 g/mol. The minimum atomic E-state index is -0.961. The van der Waals surface area contributed by atoms with E-state index < -0.39 is 5.41 Å². The van der Waals surface area contributed by atoms with Gasteiger partial charge in [-0.1, -0.05) is 72.2 Å². The smallest absolute Gasteiger partial charge is 0.127 e. The zero-order valence-corrected chi connectivity index (χ0v) is 47.8. The largest absolute Gasteiger partial charge is 0.457 e. The first kappa shape index (κ1) is 56.7. The Morgan fingerprint density at radius 1 is 0.157 bits per heavy atom. The van der Waals surface area contributed by atoms with Crippen LogP contribution >= 0.6 is 0 Å². The summed E-state index contributed by atoms with van der Waals surface area (Å²) < 4.78 is 50.3. The number of rotatable bonds is 20. The minimum absolute atomic E-state index is 0.632. The van der Waals surface area contributed by atoms with E-state index in [1.807, 2.05) is 243 Å². The van der Waals surface area contributed by atoms with Gasteiger partial charge in [-0.2, -0.15) is 0 Å². The zero-order chi connectivity index (χ0) is 60.8. The molecule has 0 amide bonds.